The van der Waals surface area contributed by atoms with E-state index >= 15 is 0 Å². The zero-order valence-electron chi connectivity index (χ0n) is 18.2. The summed E-state index contributed by atoms with van der Waals surface area (Å²) in [6.45, 7) is 3.66. The van der Waals surface area contributed by atoms with Crippen molar-refractivity contribution in [3.05, 3.63) is 64.1 Å². The molecule has 7 nitrogen and oxygen atoms in total. The van der Waals surface area contributed by atoms with E-state index in [4.69, 9.17) is 23.2 Å². The van der Waals surface area contributed by atoms with Crippen LogP contribution in [0.15, 0.2) is 48.5 Å². The molecule has 0 fully saturated rings. The molecule has 2 rings (SSSR count). The van der Waals surface area contributed by atoms with Gasteiger partial charge in [0.15, 0.2) is 0 Å². The minimum Gasteiger partial charge on any atom is -0.354 e. The standard InChI is InChI=1S/C22H27Cl2N3O4S/c1-4-12-25-22(29)16(2)26(14-17-8-10-18(23)11-9-17)21(28)15-27(32(3,30)31)20-7-5-6-19(24)13-20/h5-11,13,16H,4,12,14-15H2,1-3H3,(H,25,29)/t16-/m0/s1. The van der Waals surface area contributed by atoms with Gasteiger partial charge >= 0.3 is 0 Å². The number of anilines is 1. The minimum atomic E-state index is -3.79. The fourth-order valence-corrected chi connectivity index (χ4v) is 4.16. The molecular weight excluding hydrogens is 473 g/mol. The summed E-state index contributed by atoms with van der Waals surface area (Å²) in [6, 6.07) is 12.3. The van der Waals surface area contributed by atoms with E-state index in [-0.39, 0.29) is 18.1 Å². The van der Waals surface area contributed by atoms with Gasteiger partial charge in [-0.1, -0.05) is 48.3 Å². The van der Waals surface area contributed by atoms with Gasteiger partial charge in [0.25, 0.3) is 0 Å². The average Bonchev–Trinajstić information content (AvgIpc) is 2.73. The summed E-state index contributed by atoms with van der Waals surface area (Å²) in [6.07, 6.45) is 1.77. The third kappa shape index (κ3) is 7.39. The molecule has 0 aliphatic rings. The Morgan fingerprint density at radius 2 is 1.72 bits per heavy atom. The van der Waals surface area contributed by atoms with Crippen molar-refractivity contribution >= 4 is 50.7 Å². The van der Waals surface area contributed by atoms with Crippen LogP contribution in [0, 0.1) is 0 Å². The number of benzene rings is 2. The maximum Gasteiger partial charge on any atom is 0.244 e. The average molecular weight is 500 g/mol. The highest BCUT2D eigenvalue weighted by Gasteiger charge is 2.30. The second-order valence-corrected chi connectivity index (χ2v) is 10.1. The number of hydrogen-bond acceptors (Lipinski definition) is 4. The quantitative estimate of drug-likeness (QED) is 0.539. The first-order chi connectivity index (χ1) is 15.0. The first-order valence-corrected chi connectivity index (χ1v) is 12.7. The summed E-state index contributed by atoms with van der Waals surface area (Å²) in [7, 11) is -3.79. The molecule has 0 radical (unpaired) electrons. The van der Waals surface area contributed by atoms with Gasteiger partial charge in [-0.25, -0.2) is 8.42 Å². The molecular formula is C22H27Cl2N3O4S. The number of rotatable bonds is 10. The Kier molecular flexibility index (Phi) is 9.36. The van der Waals surface area contributed by atoms with Gasteiger partial charge < -0.3 is 10.2 Å². The normalized spacial score (nSPS) is 12.2. The molecule has 2 aromatic rings. The number of carbonyl (C=O) groups is 2. The molecule has 0 saturated heterocycles. The molecule has 1 N–H and O–H groups in total. The smallest absolute Gasteiger partial charge is 0.244 e. The van der Waals surface area contributed by atoms with Gasteiger partial charge in [-0.15, -0.1) is 0 Å². The lowest BCUT2D eigenvalue weighted by Crippen LogP contribution is -2.51. The van der Waals surface area contributed by atoms with E-state index in [9.17, 15) is 18.0 Å². The van der Waals surface area contributed by atoms with Crippen LogP contribution < -0.4 is 9.62 Å². The lowest BCUT2D eigenvalue weighted by atomic mass is 10.1. The van der Waals surface area contributed by atoms with Crippen LogP contribution in [0.25, 0.3) is 0 Å². The molecule has 174 valence electrons. The monoisotopic (exact) mass is 499 g/mol. The van der Waals surface area contributed by atoms with Crippen molar-refractivity contribution in [1.29, 1.82) is 0 Å². The maximum absolute atomic E-state index is 13.3. The number of halogens is 2. The lowest BCUT2D eigenvalue weighted by molar-refractivity contribution is -0.139. The summed E-state index contributed by atoms with van der Waals surface area (Å²) in [5.74, 6) is -0.840. The van der Waals surface area contributed by atoms with Crippen LogP contribution in [0.1, 0.15) is 25.8 Å². The summed E-state index contributed by atoms with van der Waals surface area (Å²) >= 11 is 12.0. The number of carbonyl (C=O) groups excluding carboxylic acids is 2. The minimum absolute atomic E-state index is 0.115. The Labute approximate surface area is 199 Å². The Hall–Kier alpha value is -2.29. The van der Waals surface area contributed by atoms with Crippen LogP contribution in [0.4, 0.5) is 5.69 Å². The number of hydrogen-bond donors (Lipinski definition) is 1. The van der Waals surface area contributed by atoms with Gasteiger partial charge in [-0.2, -0.15) is 0 Å². The number of amides is 2. The van der Waals surface area contributed by atoms with E-state index in [1.165, 1.54) is 11.0 Å². The van der Waals surface area contributed by atoms with Gasteiger partial charge in [-0.3, -0.25) is 13.9 Å². The number of nitrogens with one attached hydrogen (secondary N) is 1. The second-order valence-electron chi connectivity index (χ2n) is 7.36. The molecule has 0 heterocycles. The summed E-state index contributed by atoms with van der Waals surface area (Å²) in [5.41, 5.74) is 1.02. The molecule has 0 saturated carbocycles. The van der Waals surface area contributed by atoms with Gasteiger partial charge in [0.05, 0.1) is 11.9 Å². The largest absolute Gasteiger partial charge is 0.354 e. The molecule has 2 aromatic carbocycles. The molecule has 0 aromatic heterocycles. The van der Waals surface area contributed by atoms with Crippen molar-refractivity contribution in [2.45, 2.75) is 32.9 Å². The summed E-state index contributed by atoms with van der Waals surface area (Å²) in [5, 5.41) is 3.67. The zero-order valence-corrected chi connectivity index (χ0v) is 20.5. The molecule has 0 aliphatic carbocycles. The van der Waals surface area contributed by atoms with E-state index in [1.807, 2.05) is 6.92 Å². The Morgan fingerprint density at radius 3 is 2.28 bits per heavy atom. The summed E-state index contributed by atoms with van der Waals surface area (Å²) in [4.78, 5) is 27.3. The first-order valence-electron chi connectivity index (χ1n) is 10.1. The predicted octanol–water partition coefficient (Wildman–Crippen LogP) is 3.70. The van der Waals surface area contributed by atoms with Crippen molar-refractivity contribution < 1.29 is 18.0 Å². The molecule has 2 amide bonds. The van der Waals surface area contributed by atoms with E-state index in [0.717, 1.165) is 22.5 Å². The second kappa shape index (κ2) is 11.5. The van der Waals surface area contributed by atoms with E-state index in [2.05, 4.69) is 5.32 Å². The van der Waals surface area contributed by atoms with Gasteiger partial charge in [-0.05, 0) is 49.2 Å². The summed E-state index contributed by atoms with van der Waals surface area (Å²) < 4.78 is 25.9. The molecule has 0 bridgehead atoms. The highest BCUT2D eigenvalue weighted by atomic mass is 35.5. The van der Waals surface area contributed by atoms with Crippen LogP contribution in [0.2, 0.25) is 10.0 Å². The fourth-order valence-electron chi connectivity index (χ4n) is 3.01. The third-order valence-corrected chi connectivity index (χ3v) is 6.39. The van der Waals surface area contributed by atoms with Crippen molar-refractivity contribution in [1.82, 2.24) is 10.2 Å². The topological polar surface area (TPSA) is 86.8 Å². The SMILES string of the molecule is CCCNC(=O)[C@H](C)N(Cc1ccc(Cl)cc1)C(=O)CN(c1cccc(Cl)c1)S(C)(=O)=O. The highest BCUT2D eigenvalue weighted by molar-refractivity contribution is 7.92. The van der Waals surface area contributed by atoms with Gasteiger partial charge in [0.1, 0.15) is 12.6 Å². The Bertz CT molecular complexity index is 1050. The first kappa shape index (κ1) is 26.0. The van der Waals surface area contributed by atoms with Crippen molar-refractivity contribution in [3.8, 4) is 0 Å². The zero-order chi connectivity index (χ0) is 23.9. The van der Waals surface area contributed by atoms with E-state index < -0.39 is 28.5 Å². The van der Waals surface area contributed by atoms with Crippen molar-refractivity contribution in [2.24, 2.45) is 0 Å². The molecule has 32 heavy (non-hydrogen) atoms. The van der Waals surface area contributed by atoms with Crippen molar-refractivity contribution in [2.75, 3.05) is 23.7 Å². The van der Waals surface area contributed by atoms with Crippen LogP contribution >= 0.6 is 23.2 Å². The Balaban J connectivity index is 2.35. The predicted molar refractivity (Wildman–Crippen MR) is 128 cm³/mol. The number of sulfonamides is 1. The van der Waals surface area contributed by atoms with E-state index in [0.29, 0.717) is 16.6 Å². The fraction of sp³-hybridized carbons (Fsp3) is 0.364. The van der Waals surface area contributed by atoms with Crippen LogP contribution in [-0.4, -0.2) is 50.5 Å². The highest BCUT2D eigenvalue weighted by Crippen LogP contribution is 2.22. The Morgan fingerprint density at radius 1 is 1.06 bits per heavy atom. The van der Waals surface area contributed by atoms with Gasteiger partial charge in [0, 0.05) is 23.1 Å². The lowest BCUT2D eigenvalue weighted by Gasteiger charge is -2.31. The van der Waals surface area contributed by atoms with Crippen LogP contribution in [0.5, 0.6) is 0 Å². The molecule has 10 heteroatoms. The molecule has 0 unspecified atom stereocenters. The van der Waals surface area contributed by atoms with Crippen molar-refractivity contribution in [3.63, 3.8) is 0 Å². The molecule has 1 atom stereocenters. The molecule has 0 spiro atoms. The van der Waals surface area contributed by atoms with Crippen LogP contribution in [-0.2, 0) is 26.2 Å². The van der Waals surface area contributed by atoms with Crippen LogP contribution in [0.3, 0.4) is 0 Å². The number of nitrogens with zero attached hydrogens (tertiary/aromatic N) is 2. The third-order valence-electron chi connectivity index (χ3n) is 4.76. The van der Waals surface area contributed by atoms with Gasteiger partial charge in [0.2, 0.25) is 21.8 Å². The molecule has 0 aliphatic heterocycles. The van der Waals surface area contributed by atoms with E-state index in [1.54, 1.807) is 49.4 Å². The maximum atomic E-state index is 13.3.